The fourth-order valence-electron chi connectivity index (χ4n) is 4.48. The zero-order chi connectivity index (χ0) is 20.1. The minimum Gasteiger partial charge on any atom is -0.289 e. The van der Waals surface area contributed by atoms with Gasteiger partial charge < -0.3 is 0 Å². The molecule has 3 aromatic heterocycles. The van der Waals surface area contributed by atoms with Crippen molar-refractivity contribution in [2.75, 3.05) is 7.05 Å². The summed E-state index contributed by atoms with van der Waals surface area (Å²) in [5.74, 6) is 0. The Bertz CT molecular complexity index is 925. The van der Waals surface area contributed by atoms with Gasteiger partial charge in [-0.3, -0.25) is 19.9 Å². The van der Waals surface area contributed by atoms with Gasteiger partial charge in [-0.1, -0.05) is 18.2 Å². The van der Waals surface area contributed by atoms with E-state index in [0.29, 0.717) is 12.1 Å². The minimum atomic E-state index is 0.353. The van der Waals surface area contributed by atoms with Crippen molar-refractivity contribution in [2.45, 2.75) is 57.5 Å². The van der Waals surface area contributed by atoms with Crippen molar-refractivity contribution in [3.63, 3.8) is 0 Å². The Balaban J connectivity index is 1.45. The van der Waals surface area contributed by atoms with Crippen LogP contribution in [0.25, 0.3) is 0 Å². The molecule has 1 fully saturated rings. The number of pyridine rings is 3. The number of piperidine rings is 1. The molecular weight excluding hydrogens is 356 g/mol. The lowest BCUT2D eigenvalue weighted by atomic mass is 9.90. The third-order valence-corrected chi connectivity index (χ3v) is 6.07. The normalized spacial score (nSPS) is 19.9. The fourth-order valence-corrected chi connectivity index (χ4v) is 4.48. The van der Waals surface area contributed by atoms with Gasteiger partial charge in [0, 0.05) is 23.8 Å². The predicted molar refractivity (Wildman–Crippen MR) is 117 cm³/mol. The fraction of sp³-hybridized carbons (Fsp3) is 0.400. The van der Waals surface area contributed by atoms with Gasteiger partial charge in [-0.05, 0) is 88.4 Å². The molecule has 0 bridgehead atoms. The molecule has 0 spiro atoms. The van der Waals surface area contributed by atoms with Crippen molar-refractivity contribution in [3.8, 4) is 0 Å². The second-order valence-electron chi connectivity index (χ2n) is 8.06. The van der Waals surface area contributed by atoms with Crippen molar-refractivity contribution >= 4 is 0 Å². The van der Waals surface area contributed by atoms with Crippen LogP contribution in [-0.2, 0) is 12.8 Å². The first-order chi connectivity index (χ1) is 14.2. The number of hydrogen-bond donors (Lipinski definition) is 0. The number of aromatic nitrogens is 3. The van der Waals surface area contributed by atoms with E-state index < -0.39 is 0 Å². The quantitative estimate of drug-likeness (QED) is 0.580. The zero-order valence-electron chi connectivity index (χ0n) is 17.5. The maximum atomic E-state index is 5.05. The summed E-state index contributed by atoms with van der Waals surface area (Å²) in [4.78, 5) is 16.7. The molecule has 1 aliphatic rings. The lowest BCUT2D eigenvalue weighted by Crippen LogP contribution is -2.34. The SMILES string of the molecule is Cc1cccnc1[C@@H]1CCC[C@H](c2cccc(CCCc3ccccn3)n2)N1C. The molecule has 3 aromatic rings. The Hall–Kier alpha value is -2.59. The molecule has 0 unspecified atom stereocenters. The lowest BCUT2D eigenvalue weighted by Gasteiger charge is -2.39. The Morgan fingerprint density at radius 3 is 2.48 bits per heavy atom. The van der Waals surface area contributed by atoms with Crippen LogP contribution in [0.15, 0.2) is 60.9 Å². The summed E-state index contributed by atoms with van der Waals surface area (Å²) < 4.78 is 0. The van der Waals surface area contributed by atoms with Gasteiger partial charge in [0.05, 0.1) is 23.5 Å². The zero-order valence-corrected chi connectivity index (χ0v) is 17.5. The molecule has 1 saturated heterocycles. The molecule has 0 aliphatic carbocycles. The second-order valence-corrected chi connectivity index (χ2v) is 8.06. The molecule has 4 nitrogen and oxygen atoms in total. The lowest BCUT2D eigenvalue weighted by molar-refractivity contribution is 0.109. The highest BCUT2D eigenvalue weighted by Gasteiger charge is 2.31. The van der Waals surface area contributed by atoms with Gasteiger partial charge in [0.1, 0.15) is 0 Å². The van der Waals surface area contributed by atoms with E-state index in [9.17, 15) is 0 Å². The van der Waals surface area contributed by atoms with Crippen molar-refractivity contribution in [3.05, 3.63) is 89.3 Å². The Labute approximate surface area is 174 Å². The van der Waals surface area contributed by atoms with Gasteiger partial charge in [-0.2, -0.15) is 0 Å². The van der Waals surface area contributed by atoms with E-state index in [1.54, 1.807) is 0 Å². The standard InChI is InChI=1S/C25H30N4/c1-19-9-8-18-27-25(19)24-16-7-15-23(29(24)2)22-14-6-13-21(28-22)12-5-11-20-10-3-4-17-26-20/h3-4,6,8-10,13-14,17-18,23-24H,5,7,11-12,15-16H2,1-2H3/t23-,24+/m1/s1. The molecule has 0 saturated carbocycles. The summed E-state index contributed by atoms with van der Waals surface area (Å²) in [5, 5.41) is 0. The van der Waals surface area contributed by atoms with Gasteiger partial charge in [-0.15, -0.1) is 0 Å². The van der Waals surface area contributed by atoms with Crippen LogP contribution >= 0.6 is 0 Å². The van der Waals surface area contributed by atoms with Crippen LogP contribution in [0.5, 0.6) is 0 Å². The molecule has 0 radical (unpaired) electrons. The van der Waals surface area contributed by atoms with Crippen LogP contribution in [-0.4, -0.2) is 26.9 Å². The first-order valence-corrected chi connectivity index (χ1v) is 10.7. The highest BCUT2D eigenvalue weighted by Crippen LogP contribution is 2.39. The van der Waals surface area contributed by atoms with Crippen LogP contribution in [0.1, 0.15) is 66.1 Å². The average Bonchev–Trinajstić information content (AvgIpc) is 2.76. The highest BCUT2D eigenvalue weighted by molar-refractivity contribution is 5.23. The third-order valence-electron chi connectivity index (χ3n) is 6.07. The first kappa shape index (κ1) is 19.7. The Morgan fingerprint density at radius 2 is 1.66 bits per heavy atom. The van der Waals surface area contributed by atoms with E-state index in [4.69, 9.17) is 9.97 Å². The van der Waals surface area contributed by atoms with E-state index in [0.717, 1.165) is 37.8 Å². The molecule has 4 heteroatoms. The van der Waals surface area contributed by atoms with Crippen molar-refractivity contribution in [1.29, 1.82) is 0 Å². The van der Waals surface area contributed by atoms with Crippen LogP contribution in [0.2, 0.25) is 0 Å². The van der Waals surface area contributed by atoms with Crippen molar-refractivity contribution in [1.82, 2.24) is 19.9 Å². The number of aryl methyl sites for hydroxylation is 3. The summed E-state index contributed by atoms with van der Waals surface area (Å²) in [5.41, 5.74) is 6.03. The number of likely N-dealkylation sites (tertiary alicyclic amines) is 1. The molecular formula is C25H30N4. The number of rotatable bonds is 6. The molecule has 0 aromatic carbocycles. The smallest absolute Gasteiger partial charge is 0.0604 e. The van der Waals surface area contributed by atoms with Gasteiger partial charge in [0.25, 0.3) is 0 Å². The van der Waals surface area contributed by atoms with Crippen LogP contribution in [0.3, 0.4) is 0 Å². The van der Waals surface area contributed by atoms with Gasteiger partial charge >= 0.3 is 0 Å². The highest BCUT2D eigenvalue weighted by atomic mass is 15.2. The summed E-state index contributed by atoms with van der Waals surface area (Å²) >= 11 is 0. The van der Waals surface area contributed by atoms with Gasteiger partial charge in [-0.25, -0.2) is 0 Å². The molecule has 0 amide bonds. The monoisotopic (exact) mass is 386 g/mol. The van der Waals surface area contributed by atoms with E-state index >= 15 is 0 Å². The molecule has 4 heterocycles. The largest absolute Gasteiger partial charge is 0.289 e. The minimum absolute atomic E-state index is 0.353. The molecule has 29 heavy (non-hydrogen) atoms. The number of nitrogens with zero attached hydrogens (tertiary/aromatic N) is 4. The van der Waals surface area contributed by atoms with E-state index in [1.807, 2.05) is 24.5 Å². The summed E-state index contributed by atoms with van der Waals surface area (Å²) in [7, 11) is 2.23. The average molecular weight is 387 g/mol. The molecule has 4 rings (SSSR count). The summed E-state index contributed by atoms with van der Waals surface area (Å²) in [6, 6.07) is 17.5. The van der Waals surface area contributed by atoms with Gasteiger partial charge in [0.15, 0.2) is 0 Å². The van der Waals surface area contributed by atoms with E-state index in [-0.39, 0.29) is 0 Å². The maximum Gasteiger partial charge on any atom is 0.0604 e. The molecule has 1 aliphatic heterocycles. The van der Waals surface area contributed by atoms with E-state index in [2.05, 4.69) is 60.3 Å². The predicted octanol–water partition coefficient (Wildman–Crippen LogP) is 5.25. The van der Waals surface area contributed by atoms with Crippen LogP contribution in [0, 0.1) is 6.92 Å². The maximum absolute atomic E-state index is 5.05. The topological polar surface area (TPSA) is 41.9 Å². The van der Waals surface area contributed by atoms with Crippen LogP contribution in [0.4, 0.5) is 0 Å². The second kappa shape index (κ2) is 9.27. The molecule has 150 valence electrons. The molecule has 0 N–H and O–H groups in total. The third kappa shape index (κ3) is 4.70. The summed E-state index contributed by atoms with van der Waals surface area (Å²) in [6.07, 6.45) is 10.4. The van der Waals surface area contributed by atoms with Crippen LogP contribution < -0.4 is 0 Å². The van der Waals surface area contributed by atoms with Crippen molar-refractivity contribution < 1.29 is 0 Å². The van der Waals surface area contributed by atoms with Crippen molar-refractivity contribution in [2.24, 2.45) is 0 Å². The van der Waals surface area contributed by atoms with E-state index in [1.165, 1.54) is 29.1 Å². The Kier molecular flexibility index (Phi) is 6.30. The first-order valence-electron chi connectivity index (χ1n) is 10.7. The Morgan fingerprint density at radius 1 is 0.862 bits per heavy atom. The summed E-state index contributed by atoms with van der Waals surface area (Å²) in [6.45, 7) is 2.17. The molecule has 2 atom stereocenters. The van der Waals surface area contributed by atoms with Gasteiger partial charge in [0.2, 0.25) is 0 Å². The number of hydrogen-bond acceptors (Lipinski definition) is 4.